The molecule has 0 unspecified atom stereocenters. The Bertz CT molecular complexity index is 409. The summed E-state index contributed by atoms with van der Waals surface area (Å²) in [7, 11) is 1.45. The standard InChI is InChI=1S/C13H18ClNO3/c1-3-15(9-5-8-14)13(17)10-6-4-7-11(18-2)12(10)16/h4,6-7,16H,3,5,8-9H2,1-2H3. The SMILES string of the molecule is CCN(CCCCl)C(=O)c1cccc(OC)c1O. The van der Waals surface area contributed by atoms with Gasteiger partial charge < -0.3 is 14.7 Å². The number of aromatic hydroxyl groups is 1. The highest BCUT2D eigenvalue weighted by molar-refractivity contribution is 6.17. The van der Waals surface area contributed by atoms with Gasteiger partial charge in [0.05, 0.1) is 12.7 Å². The van der Waals surface area contributed by atoms with E-state index < -0.39 is 0 Å². The Morgan fingerprint density at radius 1 is 1.50 bits per heavy atom. The van der Waals surface area contributed by atoms with Crippen LogP contribution in [0.1, 0.15) is 23.7 Å². The molecule has 100 valence electrons. The molecule has 0 atom stereocenters. The number of amides is 1. The highest BCUT2D eigenvalue weighted by Crippen LogP contribution is 2.30. The Balaban J connectivity index is 2.94. The number of benzene rings is 1. The van der Waals surface area contributed by atoms with Gasteiger partial charge in [0.15, 0.2) is 11.5 Å². The third-order valence-corrected chi connectivity index (χ3v) is 2.95. The highest BCUT2D eigenvalue weighted by Gasteiger charge is 2.19. The lowest BCUT2D eigenvalue weighted by atomic mass is 10.1. The van der Waals surface area contributed by atoms with Gasteiger partial charge in [-0.3, -0.25) is 4.79 Å². The van der Waals surface area contributed by atoms with Crippen LogP contribution in [0, 0.1) is 0 Å². The minimum atomic E-state index is -0.209. The first-order valence-electron chi connectivity index (χ1n) is 5.86. The number of carbonyl (C=O) groups is 1. The fraction of sp³-hybridized carbons (Fsp3) is 0.462. The van der Waals surface area contributed by atoms with Crippen LogP contribution < -0.4 is 4.74 Å². The molecule has 0 spiro atoms. The molecule has 1 aromatic rings. The zero-order chi connectivity index (χ0) is 13.5. The Labute approximate surface area is 112 Å². The van der Waals surface area contributed by atoms with Crippen molar-refractivity contribution in [2.24, 2.45) is 0 Å². The van der Waals surface area contributed by atoms with E-state index in [1.165, 1.54) is 7.11 Å². The summed E-state index contributed by atoms with van der Waals surface area (Å²) in [6, 6.07) is 4.88. The van der Waals surface area contributed by atoms with Crippen LogP contribution in [-0.2, 0) is 0 Å². The number of alkyl halides is 1. The molecule has 18 heavy (non-hydrogen) atoms. The summed E-state index contributed by atoms with van der Waals surface area (Å²) in [6.45, 7) is 3.05. The fourth-order valence-electron chi connectivity index (χ4n) is 1.68. The molecule has 0 bridgehead atoms. The molecule has 1 N–H and O–H groups in total. The number of phenols is 1. The van der Waals surface area contributed by atoms with Gasteiger partial charge in [0.1, 0.15) is 0 Å². The van der Waals surface area contributed by atoms with Crippen molar-refractivity contribution in [2.75, 3.05) is 26.1 Å². The van der Waals surface area contributed by atoms with E-state index in [0.29, 0.717) is 24.7 Å². The molecular weight excluding hydrogens is 254 g/mol. The van der Waals surface area contributed by atoms with Gasteiger partial charge in [-0.1, -0.05) is 6.07 Å². The van der Waals surface area contributed by atoms with E-state index in [0.717, 1.165) is 6.42 Å². The molecule has 0 aliphatic carbocycles. The molecule has 0 saturated carbocycles. The van der Waals surface area contributed by atoms with Crippen LogP contribution in [-0.4, -0.2) is 42.0 Å². The molecule has 0 aromatic heterocycles. The number of phenolic OH excluding ortho intramolecular Hbond substituents is 1. The summed E-state index contributed by atoms with van der Waals surface area (Å²) in [6.07, 6.45) is 0.728. The molecule has 0 radical (unpaired) electrons. The third kappa shape index (κ3) is 3.29. The Kier molecular flexibility index (Phi) is 5.78. The van der Waals surface area contributed by atoms with Gasteiger partial charge in [-0.05, 0) is 25.5 Å². The molecule has 0 aliphatic rings. The normalized spacial score (nSPS) is 10.2. The highest BCUT2D eigenvalue weighted by atomic mass is 35.5. The van der Waals surface area contributed by atoms with Gasteiger partial charge in [-0.25, -0.2) is 0 Å². The quantitative estimate of drug-likeness (QED) is 0.809. The van der Waals surface area contributed by atoms with Crippen LogP contribution in [0.2, 0.25) is 0 Å². The first kappa shape index (κ1) is 14.6. The zero-order valence-electron chi connectivity index (χ0n) is 10.6. The maximum absolute atomic E-state index is 12.2. The summed E-state index contributed by atoms with van der Waals surface area (Å²) in [5.74, 6) is 0.482. The minimum Gasteiger partial charge on any atom is -0.504 e. The van der Waals surface area contributed by atoms with Crippen LogP contribution >= 0.6 is 11.6 Å². The average Bonchev–Trinajstić information content (AvgIpc) is 2.39. The van der Waals surface area contributed by atoms with Crippen molar-refractivity contribution in [2.45, 2.75) is 13.3 Å². The second kappa shape index (κ2) is 7.11. The predicted octanol–water partition coefficient (Wildman–Crippen LogP) is 2.49. The van der Waals surface area contributed by atoms with Crippen molar-refractivity contribution >= 4 is 17.5 Å². The maximum atomic E-state index is 12.2. The maximum Gasteiger partial charge on any atom is 0.257 e. The third-order valence-electron chi connectivity index (χ3n) is 2.68. The number of methoxy groups -OCH3 is 1. The van der Waals surface area contributed by atoms with E-state index in [-0.39, 0.29) is 17.2 Å². The summed E-state index contributed by atoms with van der Waals surface area (Å²) in [5.41, 5.74) is 0.255. The van der Waals surface area contributed by atoms with E-state index in [9.17, 15) is 9.90 Å². The molecule has 1 rings (SSSR count). The largest absolute Gasteiger partial charge is 0.504 e. The van der Waals surface area contributed by atoms with Crippen molar-refractivity contribution in [3.63, 3.8) is 0 Å². The lowest BCUT2D eigenvalue weighted by Gasteiger charge is -2.21. The van der Waals surface area contributed by atoms with Gasteiger partial charge in [-0.15, -0.1) is 11.6 Å². The van der Waals surface area contributed by atoms with Gasteiger partial charge in [0.2, 0.25) is 0 Å². The number of hydrogen-bond acceptors (Lipinski definition) is 3. The molecule has 0 saturated heterocycles. The van der Waals surface area contributed by atoms with E-state index in [2.05, 4.69) is 0 Å². The van der Waals surface area contributed by atoms with Gasteiger partial charge >= 0.3 is 0 Å². The predicted molar refractivity (Wildman–Crippen MR) is 71.6 cm³/mol. The number of ether oxygens (including phenoxy) is 1. The second-order valence-corrected chi connectivity index (χ2v) is 4.16. The van der Waals surface area contributed by atoms with Crippen LogP contribution in [0.25, 0.3) is 0 Å². The number of para-hydroxylation sites is 1. The molecule has 1 aromatic carbocycles. The van der Waals surface area contributed by atoms with E-state index in [4.69, 9.17) is 16.3 Å². The Morgan fingerprint density at radius 2 is 2.22 bits per heavy atom. The summed E-state index contributed by atoms with van der Waals surface area (Å²) < 4.78 is 4.99. The minimum absolute atomic E-state index is 0.116. The topological polar surface area (TPSA) is 49.8 Å². The smallest absolute Gasteiger partial charge is 0.257 e. The number of rotatable bonds is 6. The van der Waals surface area contributed by atoms with Crippen molar-refractivity contribution < 1.29 is 14.6 Å². The molecule has 5 heteroatoms. The number of hydrogen-bond donors (Lipinski definition) is 1. The number of nitrogens with zero attached hydrogens (tertiary/aromatic N) is 1. The molecular formula is C13H18ClNO3. The fourth-order valence-corrected chi connectivity index (χ4v) is 1.80. The average molecular weight is 272 g/mol. The van der Waals surface area contributed by atoms with E-state index in [1.54, 1.807) is 23.1 Å². The lowest BCUT2D eigenvalue weighted by Crippen LogP contribution is -2.32. The van der Waals surface area contributed by atoms with Crippen LogP contribution in [0.4, 0.5) is 0 Å². The number of halogens is 1. The van der Waals surface area contributed by atoms with Crippen molar-refractivity contribution in [3.05, 3.63) is 23.8 Å². The van der Waals surface area contributed by atoms with Gasteiger partial charge in [0.25, 0.3) is 5.91 Å². The molecule has 4 nitrogen and oxygen atoms in total. The first-order valence-corrected chi connectivity index (χ1v) is 6.40. The van der Waals surface area contributed by atoms with Crippen LogP contribution in [0.15, 0.2) is 18.2 Å². The van der Waals surface area contributed by atoms with Crippen molar-refractivity contribution in [3.8, 4) is 11.5 Å². The summed E-state index contributed by atoms with van der Waals surface area (Å²) in [4.78, 5) is 13.9. The summed E-state index contributed by atoms with van der Waals surface area (Å²) >= 11 is 5.62. The van der Waals surface area contributed by atoms with Gasteiger partial charge in [-0.2, -0.15) is 0 Å². The van der Waals surface area contributed by atoms with Crippen LogP contribution in [0.3, 0.4) is 0 Å². The summed E-state index contributed by atoms with van der Waals surface area (Å²) in [5, 5.41) is 9.93. The Morgan fingerprint density at radius 3 is 2.78 bits per heavy atom. The molecule has 0 fully saturated rings. The van der Waals surface area contributed by atoms with Crippen LogP contribution in [0.5, 0.6) is 11.5 Å². The van der Waals surface area contributed by atoms with Gasteiger partial charge in [0, 0.05) is 19.0 Å². The van der Waals surface area contributed by atoms with Crippen molar-refractivity contribution in [1.29, 1.82) is 0 Å². The molecule has 0 aliphatic heterocycles. The van der Waals surface area contributed by atoms with E-state index in [1.807, 2.05) is 6.92 Å². The zero-order valence-corrected chi connectivity index (χ0v) is 11.4. The lowest BCUT2D eigenvalue weighted by molar-refractivity contribution is 0.0761. The monoisotopic (exact) mass is 271 g/mol. The molecule has 1 amide bonds. The second-order valence-electron chi connectivity index (χ2n) is 3.78. The van der Waals surface area contributed by atoms with E-state index >= 15 is 0 Å². The molecule has 0 heterocycles. The van der Waals surface area contributed by atoms with Crippen molar-refractivity contribution in [1.82, 2.24) is 4.90 Å². The first-order chi connectivity index (χ1) is 8.65. The Hall–Kier alpha value is -1.42. The number of carbonyl (C=O) groups excluding carboxylic acids is 1.